The first-order chi connectivity index (χ1) is 8.02. The Balaban J connectivity index is 0.00000162. The third kappa shape index (κ3) is 4.75. The molecule has 2 fully saturated rings. The molecule has 2 aliphatic heterocycles. The van der Waals surface area contributed by atoms with Crippen LogP contribution in [0, 0.1) is 0 Å². The van der Waals surface area contributed by atoms with Gasteiger partial charge in [-0.1, -0.05) is 0 Å². The smallest absolute Gasteiger partial charge is 0.306 e. The second kappa shape index (κ2) is 7.64. The van der Waals surface area contributed by atoms with Crippen molar-refractivity contribution in [3.63, 3.8) is 0 Å². The van der Waals surface area contributed by atoms with Crippen molar-refractivity contribution in [3.05, 3.63) is 0 Å². The summed E-state index contributed by atoms with van der Waals surface area (Å²) < 4.78 is 27.8. The number of carbonyl (C=O) groups is 1. The number of methoxy groups -OCH3 is 1. The fourth-order valence-corrected chi connectivity index (χ4v) is 4.54. The number of carbonyl (C=O) groups excluding carboxylic acids is 1. The van der Waals surface area contributed by atoms with E-state index in [0.29, 0.717) is 13.0 Å². The quantitative estimate of drug-likeness (QED) is 0.699. The van der Waals surface area contributed by atoms with Gasteiger partial charge < -0.3 is 10.1 Å². The van der Waals surface area contributed by atoms with E-state index in [0.717, 1.165) is 13.1 Å². The third-order valence-corrected chi connectivity index (χ3v) is 5.14. The van der Waals surface area contributed by atoms with Gasteiger partial charge in [-0.15, -0.1) is 24.8 Å². The molecule has 0 saturated carbocycles. The zero-order valence-electron chi connectivity index (χ0n) is 10.7. The van der Waals surface area contributed by atoms with Crippen LogP contribution in [0.5, 0.6) is 0 Å². The summed E-state index contributed by atoms with van der Waals surface area (Å²) in [6, 6.07) is 0.0322. The number of fused-ring (bicyclic) bond motifs is 1. The van der Waals surface area contributed by atoms with Gasteiger partial charge in [0.25, 0.3) is 0 Å². The number of rotatable bonds is 3. The Hall–Kier alpha value is -0.0800. The van der Waals surface area contributed by atoms with Crippen LogP contribution < -0.4 is 5.32 Å². The zero-order chi connectivity index (χ0) is 12.5. The number of hydrogen-bond acceptors (Lipinski definition) is 6. The Labute approximate surface area is 126 Å². The molecule has 2 saturated heterocycles. The van der Waals surface area contributed by atoms with Crippen LogP contribution in [0.15, 0.2) is 0 Å². The first-order valence-electron chi connectivity index (χ1n) is 5.76. The lowest BCUT2D eigenvalue weighted by atomic mass is 10.1. The Morgan fingerprint density at radius 1 is 1.37 bits per heavy atom. The van der Waals surface area contributed by atoms with Gasteiger partial charge in [0, 0.05) is 31.7 Å². The number of piperazine rings is 1. The molecule has 0 aliphatic carbocycles. The van der Waals surface area contributed by atoms with Crippen LogP contribution in [0.2, 0.25) is 0 Å². The van der Waals surface area contributed by atoms with E-state index in [1.165, 1.54) is 7.11 Å². The molecule has 6 nitrogen and oxygen atoms in total. The summed E-state index contributed by atoms with van der Waals surface area (Å²) in [5, 5.41) is 3.23. The minimum Gasteiger partial charge on any atom is -0.469 e. The molecule has 2 rings (SSSR count). The summed E-state index contributed by atoms with van der Waals surface area (Å²) in [4.78, 5) is 13.2. The van der Waals surface area contributed by atoms with Crippen molar-refractivity contribution in [2.24, 2.45) is 0 Å². The topological polar surface area (TPSA) is 75.7 Å². The van der Waals surface area contributed by atoms with Gasteiger partial charge in [0.2, 0.25) is 0 Å². The number of esters is 1. The molecular weight excluding hydrogens is 315 g/mol. The summed E-state index contributed by atoms with van der Waals surface area (Å²) in [6.45, 7) is 2.14. The highest BCUT2D eigenvalue weighted by Crippen LogP contribution is 2.21. The predicted octanol–water partition coefficient (Wildman–Crippen LogP) is -0.536. The minimum absolute atomic E-state index is 0. The van der Waals surface area contributed by atoms with Crippen LogP contribution in [0.3, 0.4) is 0 Å². The van der Waals surface area contributed by atoms with E-state index in [1.807, 2.05) is 0 Å². The second-order valence-electron chi connectivity index (χ2n) is 4.57. The SMILES string of the molecule is COC(=O)CCN1CCNC2CS(=O)(=O)CC21.Cl.Cl. The maximum absolute atomic E-state index is 11.6. The molecule has 2 aliphatic rings. The maximum Gasteiger partial charge on any atom is 0.306 e. The van der Waals surface area contributed by atoms with Crippen molar-refractivity contribution < 1.29 is 17.9 Å². The van der Waals surface area contributed by atoms with Crippen molar-refractivity contribution in [1.82, 2.24) is 10.2 Å². The minimum atomic E-state index is -2.93. The van der Waals surface area contributed by atoms with Crippen LogP contribution in [0.1, 0.15) is 6.42 Å². The molecule has 2 atom stereocenters. The van der Waals surface area contributed by atoms with Gasteiger partial charge in [-0.05, 0) is 0 Å². The number of halogens is 2. The summed E-state index contributed by atoms with van der Waals surface area (Å²) in [5.74, 6) is 0.166. The highest BCUT2D eigenvalue weighted by molar-refractivity contribution is 7.91. The predicted molar refractivity (Wildman–Crippen MR) is 76.9 cm³/mol. The Bertz CT molecular complexity index is 404. The van der Waals surface area contributed by atoms with Gasteiger partial charge in [-0.25, -0.2) is 8.42 Å². The first kappa shape index (κ1) is 18.9. The van der Waals surface area contributed by atoms with Crippen LogP contribution in [-0.2, 0) is 19.4 Å². The van der Waals surface area contributed by atoms with Gasteiger partial charge in [-0.3, -0.25) is 9.69 Å². The van der Waals surface area contributed by atoms with Crippen LogP contribution in [0.25, 0.3) is 0 Å². The van der Waals surface area contributed by atoms with Crippen molar-refractivity contribution >= 4 is 40.6 Å². The number of sulfone groups is 1. The molecule has 19 heavy (non-hydrogen) atoms. The Morgan fingerprint density at radius 2 is 2.05 bits per heavy atom. The zero-order valence-corrected chi connectivity index (χ0v) is 13.2. The molecule has 0 bridgehead atoms. The first-order valence-corrected chi connectivity index (χ1v) is 7.58. The van der Waals surface area contributed by atoms with Crippen molar-refractivity contribution in [2.75, 3.05) is 38.2 Å². The van der Waals surface area contributed by atoms with Gasteiger partial charge in [-0.2, -0.15) is 0 Å². The van der Waals surface area contributed by atoms with E-state index in [9.17, 15) is 13.2 Å². The highest BCUT2D eigenvalue weighted by atomic mass is 35.5. The molecule has 0 aromatic rings. The molecular formula is C10H20Cl2N2O4S. The summed E-state index contributed by atoms with van der Waals surface area (Å²) in [7, 11) is -1.56. The van der Waals surface area contributed by atoms with Gasteiger partial charge in [0.05, 0.1) is 25.0 Å². The molecule has 0 aromatic heterocycles. The normalized spacial score (nSPS) is 28.7. The van der Waals surface area contributed by atoms with Crippen LogP contribution in [0.4, 0.5) is 0 Å². The maximum atomic E-state index is 11.6. The average Bonchev–Trinajstić information content (AvgIpc) is 2.60. The molecule has 9 heteroatoms. The third-order valence-electron chi connectivity index (χ3n) is 3.43. The molecule has 2 unspecified atom stereocenters. The lowest BCUT2D eigenvalue weighted by Gasteiger charge is -2.37. The average molecular weight is 335 g/mol. The second-order valence-corrected chi connectivity index (χ2v) is 6.72. The van der Waals surface area contributed by atoms with Gasteiger partial charge in [0.1, 0.15) is 0 Å². The highest BCUT2D eigenvalue weighted by Gasteiger charge is 2.42. The fraction of sp³-hybridized carbons (Fsp3) is 0.900. The van der Waals surface area contributed by atoms with E-state index in [-0.39, 0.29) is 54.4 Å². The van der Waals surface area contributed by atoms with E-state index < -0.39 is 9.84 Å². The van der Waals surface area contributed by atoms with E-state index in [2.05, 4.69) is 15.0 Å². The fourth-order valence-electron chi connectivity index (χ4n) is 2.56. The van der Waals surface area contributed by atoms with Crippen LogP contribution in [-0.4, -0.2) is 69.6 Å². The number of hydrogen-bond donors (Lipinski definition) is 1. The molecule has 0 spiro atoms. The Morgan fingerprint density at radius 3 is 2.68 bits per heavy atom. The lowest BCUT2D eigenvalue weighted by Crippen LogP contribution is -2.57. The molecule has 0 amide bonds. The summed E-state index contributed by atoms with van der Waals surface area (Å²) >= 11 is 0. The van der Waals surface area contributed by atoms with Crippen LogP contribution >= 0.6 is 24.8 Å². The monoisotopic (exact) mass is 334 g/mol. The number of ether oxygens (including phenoxy) is 1. The molecule has 114 valence electrons. The largest absolute Gasteiger partial charge is 0.469 e. The van der Waals surface area contributed by atoms with Crippen molar-refractivity contribution in [2.45, 2.75) is 18.5 Å². The van der Waals surface area contributed by atoms with E-state index in [4.69, 9.17) is 0 Å². The summed E-state index contributed by atoms with van der Waals surface area (Å²) in [5.41, 5.74) is 0. The van der Waals surface area contributed by atoms with Gasteiger partial charge >= 0.3 is 5.97 Å². The van der Waals surface area contributed by atoms with Crippen molar-refractivity contribution in [1.29, 1.82) is 0 Å². The lowest BCUT2D eigenvalue weighted by molar-refractivity contribution is -0.141. The van der Waals surface area contributed by atoms with Crippen molar-refractivity contribution in [3.8, 4) is 0 Å². The number of nitrogens with zero attached hydrogens (tertiary/aromatic N) is 1. The number of nitrogens with one attached hydrogen (secondary N) is 1. The summed E-state index contributed by atoms with van der Waals surface area (Å²) in [6.07, 6.45) is 0.319. The van der Waals surface area contributed by atoms with Gasteiger partial charge in [0.15, 0.2) is 9.84 Å². The van der Waals surface area contributed by atoms with E-state index in [1.54, 1.807) is 0 Å². The molecule has 0 aromatic carbocycles. The Kier molecular flexibility index (Phi) is 7.60. The molecule has 1 N–H and O–H groups in total. The molecule has 2 heterocycles. The van der Waals surface area contributed by atoms with E-state index >= 15 is 0 Å². The standard InChI is InChI=1S/C10H18N2O4S.2ClH/c1-16-10(13)2-4-12-5-3-11-8-6-17(14,15)7-9(8)12;;/h8-9,11H,2-7H2,1H3;2*1H. The molecule has 0 radical (unpaired) electrons.